The largest absolute Gasteiger partial charge is 0.350 e. The van der Waals surface area contributed by atoms with E-state index in [2.05, 4.69) is 17.2 Å². The average Bonchev–Trinajstić information content (AvgIpc) is 3.00. The van der Waals surface area contributed by atoms with Crippen LogP contribution in [-0.2, 0) is 30.7 Å². The monoisotopic (exact) mass is 401 g/mol. The molecule has 4 rings (SSSR count). The maximum atomic E-state index is 12.9. The van der Waals surface area contributed by atoms with Crippen LogP contribution in [0.3, 0.4) is 0 Å². The third-order valence-electron chi connectivity index (χ3n) is 4.97. The van der Waals surface area contributed by atoms with Gasteiger partial charge >= 0.3 is 0 Å². The van der Waals surface area contributed by atoms with Crippen LogP contribution in [0.25, 0.3) is 10.2 Å². The molecular formula is C20H20ClN3O2S. The second-order valence-electron chi connectivity index (χ2n) is 7.12. The third kappa shape index (κ3) is 3.77. The van der Waals surface area contributed by atoms with Gasteiger partial charge in [0.1, 0.15) is 11.4 Å². The Labute approximate surface area is 166 Å². The zero-order valence-electron chi connectivity index (χ0n) is 15.0. The fraction of sp³-hybridized carbons (Fsp3) is 0.350. The van der Waals surface area contributed by atoms with Crippen molar-refractivity contribution in [2.24, 2.45) is 5.92 Å². The number of nitrogens with one attached hydrogen (secondary N) is 1. The molecule has 27 heavy (non-hydrogen) atoms. The molecule has 2 heterocycles. The van der Waals surface area contributed by atoms with E-state index in [9.17, 15) is 9.59 Å². The van der Waals surface area contributed by atoms with E-state index in [1.807, 2.05) is 12.1 Å². The van der Waals surface area contributed by atoms with E-state index in [0.717, 1.165) is 35.2 Å². The van der Waals surface area contributed by atoms with E-state index in [-0.39, 0.29) is 18.0 Å². The second kappa shape index (κ2) is 7.44. The smallest absolute Gasteiger partial charge is 0.262 e. The van der Waals surface area contributed by atoms with Gasteiger partial charge in [0.15, 0.2) is 0 Å². The Kier molecular flexibility index (Phi) is 5.02. The van der Waals surface area contributed by atoms with Crippen molar-refractivity contribution in [3.63, 3.8) is 0 Å². The molecule has 3 aromatic rings. The highest BCUT2D eigenvalue weighted by atomic mass is 35.5. The summed E-state index contributed by atoms with van der Waals surface area (Å²) in [6, 6.07) is 7.33. The van der Waals surface area contributed by atoms with Crippen LogP contribution in [0.15, 0.2) is 35.4 Å². The van der Waals surface area contributed by atoms with Crippen molar-refractivity contribution in [2.75, 3.05) is 0 Å². The first-order valence-electron chi connectivity index (χ1n) is 9.02. The van der Waals surface area contributed by atoms with E-state index >= 15 is 0 Å². The molecular weight excluding hydrogens is 382 g/mol. The van der Waals surface area contributed by atoms with Gasteiger partial charge in [0.25, 0.3) is 5.56 Å². The molecule has 1 aromatic carbocycles. The van der Waals surface area contributed by atoms with Crippen LogP contribution in [0, 0.1) is 5.92 Å². The summed E-state index contributed by atoms with van der Waals surface area (Å²) >= 11 is 7.57. The summed E-state index contributed by atoms with van der Waals surface area (Å²) in [5.41, 5.74) is 1.93. The lowest BCUT2D eigenvalue weighted by Crippen LogP contribution is -2.32. The standard InChI is InChI=1S/C20H20ClN3O2S/c1-12-5-6-15-16(7-12)27-19-18(15)20(26)24(11-23-19)10-17(25)22-9-13-3-2-4-14(21)8-13/h2-4,8,11-12H,5-7,9-10H2,1H3,(H,22,25)/t12-/m0/s1. The van der Waals surface area contributed by atoms with Gasteiger partial charge in [0.2, 0.25) is 5.91 Å². The molecule has 0 fully saturated rings. The number of amides is 1. The van der Waals surface area contributed by atoms with Gasteiger partial charge in [-0.1, -0.05) is 30.7 Å². The topological polar surface area (TPSA) is 64.0 Å². The number of thiophene rings is 1. The molecule has 1 aliphatic rings. The van der Waals surface area contributed by atoms with Gasteiger partial charge in [-0.15, -0.1) is 11.3 Å². The zero-order chi connectivity index (χ0) is 19.0. The van der Waals surface area contributed by atoms with Crippen molar-refractivity contribution >= 4 is 39.1 Å². The van der Waals surface area contributed by atoms with Crippen LogP contribution < -0.4 is 10.9 Å². The molecule has 0 radical (unpaired) electrons. The Morgan fingerprint density at radius 1 is 1.44 bits per heavy atom. The number of rotatable bonds is 4. The molecule has 0 bridgehead atoms. The Balaban J connectivity index is 1.53. The van der Waals surface area contributed by atoms with Crippen LogP contribution in [0.2, 0.25) is 5.02 Å². The predicted octanol–water partition coefficient (Wildman–Crippen LogP) is 3.55. The van der Waals surface area contributed by atoms with Crippen molar-refractivity contribution in [3.05, 3.63) is 62.0 Å². The number of aromatic nitrogens is 2. The van der Waals surface area contributed by atoms with E-state index in [1.165, 1.54) is 15.8 Å². The minimum absolute atomic E-state index is 0.0383. The predicted molar refractivity (Wildman–Crippen MR) is 108 cm³/mol. The number of hydrogen-bond donors (Lipinski definition) is 1. The first-order valence-corrected chi connectivity index (χ1v) is 10.2. The lowest BCUT2D eigenvalue weighted by molar-refractivity contribution is -0.121. The summed E-state index contributed by atoms with van der Waals surface area (Å²) in [6.45, 7) is 2.57. The fourth-order valence-corrected chi connectivity index (χ4v) is 5.09. The number of nitrogens with zero attached hydrogens (tertiary/aromatic N) is 2. The second-order valence-corrected chi connectivity index (χ2v) is 8.64. The summed E-state index contributed by atoms with van der Waals surface area (Å²) in [5.74, 6) is 0.418. The molecule has 1 N–H and O–H groups in total. The molecule has 0 saturated heterocycles. The molecule has 0 unspecified atom stereocenters. The highest BCUT2D eigenvalue weighted by Crippen LogP contribution is 2.35. The molecule has 5 nitrogen and oxygen atoms in total. The van der Waals surface area contributed by atoms with Crippen molar-refractivity contribution in [3.8, 4) is 0 Å². The normalized spacial score (nSPS) is 16.3. The Bertz CT molecular complexity index is 1070. The summed E-state index contributed by atoms with van der Waals surface area (Å²) in [6.07, 6.45) is 4.50. The lowest BCUT2D eigenvalue weighted by Gasteiger charge is -2.17. The highest BCUT2D eigenvalue weighted by molar-refractivity contribution is 7.18. The summed E-state index contributed by atoms with van der Waals surface area (Å²) in [5, 5.41) is 4.16. The molecule has 0 spiro atoms. The van der Waals surface area contributed by atoms with Crippen LogP contribution in [-0.4, -0.2) is 15.5 Å². The molecule has 7 heteroatoms. The fourth-order valence-electron chi connectivity index (χ4n) is 3.54. The molecule has 1 amide bonds. The molecule has 1 atom stereocenters. The van der Waals surface area contributed by atoms with Crippen molar-refractivity contribution in [1.82, 2.24) is 14.9 Å². The van der Waals surface area contributed by atoms with E-state index in [0.29, 0.717) is 22.9 Å². The SMILES string of the molecule is C[C@H]1CCc2c(sc3ncn(CC(=O)NCc4cccc(Cl)c4)c(=O)c23)C1. The van der Waals surface area contributed by atoms with Gasteiger partial charge in [-0.25, -0.2) is 4.98 Å². The molecule has 2 aromatic heterocycles. The lowest BCUT2D eigenvalue weighted by atomic mass is 9.89. The Morgan fingerprint density at radius 2 is 2.30 bits per heavy atom. The van der Waals surface area contributed by atoms with Gasteiger partial charge in [0.05, 0.1) is 11.7 Å². The van der Waals surface area contributed by atoms with Crippen molar-refractivity contribution in [2.45, 2.75) is 39.3 Å². The van der Waals surface area contributed by atoms with Crippen LogP contribution in [0.5, 0.6) is 0 Å². The number of fused-ring (bicyclic) bond motifs is 3. The third-order valence-corrected chi connectivity index (χ3v) is 6.37. The summed E-state index contributed by atoms with van der Waals surface area (Å²) in [7, 11) is 0. The van der Waals surface area contributed by atoms with Gasteiger partial charge in [-0.05, 0) is 48.4 Å². The zero-order valence-corrected chi connectivity index (χ0v) is 16.6. The quantitative estimate of drug-likeness (QED) is 0.727. The van der Waals surface area contributed by atoms with Crippen LogP contribution in [0.1, 0.15) is 29.3 Å². The number of hydrogen-bond acceptors (Lipinski definition) is 4. The van der Waals surface area contributed by atoms with Crippen molar-refractivity contribution < 1.29 is 4.79 Å². The molecule has 1 aliphatic carbocycles. The number of halogens is 1. The molecule has 0 aliphatic heterocycles. The van der Waals surface area contributed by atoms with Crippen molar-refractivity contribution in [1.29, 1.82) is 0 Å². The van der Waals surface area contributed by atoms with E-state index in [4.69, 9.17) is 11.6 Å². The summed E-state index contributed by atoms with van der Waals surface area (Å²) < 4.78 is 1.40. The number of carbonyl (C=O) groups excluding carboxylic acids is 1. The highest BCUT2D eigenvalue weighted by Gasteiger charge is 2.23. The van der Waals surface area contributed by atoms with Crippen LogP contribution >= 0.6 is 22.9 Å². The minimum atomic E-state index is -0.226. The maximum Gasteiger partial charge on any atom is 0.262 e. The number of carbonyl (C=O) groups is 1. The average molecular weight is 402 g/mol. The summed E-state index contributed by atoms with van der Waals surface area (Å²) in [4.78, 5) is 31.7. The van der Waals surface area contributed by atoms with E-state index < -0.39 is 0 Å². The molecule has 140 valence electrons. The van der Waals surface area contributed by atoms with Gasteiger partial charge in [0, 0.05) is 16.4 Å². The molecule has 0 saturated carbocycles. The first kappa shape index (κ1) is 18.2. The minimum Gasteiger partial charge on any atom is -0.350 e. The van der Waals surface area contributed by atoms with Gasteiger partial charge in [-0.2, -0.15) is 0 Å². The number of aryl methyl sites for hydroxylation is 1. The Morgan fingerprint density at radius 3 is 3.11 bits per heavy atom. The van der Waals surface area contributed by atoms with Gasteiger partial charge in [-0.3, -0.25) is 14.2 Å². The van der Waals surface area contributed by atoms with Crippen LogP contribution in [0.4, 0.5) is 0 Å². The first-order chi connectivity index (χ1) is 13.0. The maximum absolute atomic E-state index is 12.9. The number of benzene rings is 1. The van der Waals surface area contributed by atoms with Gasteiger partial charge < -0.3 is 5.32 Å². The Hall–Kier alpha value is -2.18. The van der Waals surface area contributed by atoms with E-state index in [1.54, 1.807) is 23.5 Å².